The minimum absolute atomic E-state index is 0.0680. The van der Waals surface area contributed by atoms with E-state index in [1.807, 2.05) is 0 Å². The second kappa shape index (κ2) is 8.03. The summed E-state index contributed by atoms with van der Waals surface area (Å²) >= 11 is 0. The molecule has 0 spiro atoms. The lowest BCUT2D eigenvalue weighted by molar-refractivity contribution is -0.385. The van der Waals surface area contributed by atoms with Gasteiger partial charge in [0, 0.05) is 21.4 Å². The number of hydrogen-bond donors (Lipinski definition) is 1. The average molecular weight is 430 g/mol. The van der Waals surface area contributed by atoms with Crippen LogP contribution in [0.1, 0.15) is 10.4 Å². The average Bonchev–Trinajstić information content (AvgIpc) is 2.72. The Morgan fingerprint density at radius 2 is 1.66 bits per heavy atom. The summed E-state index contributed by atoms with van der Waals surface area (Å²) in [4.78, 5) is 21.9. The molecule has 0 amide bonds. The third-order valence-corrected chi connectivity index (χ3v) is 6.42. The highest BCUT2D eigenvalue weighted by Gasteiger charge is 2.18. The van der Waals surface area contributed by atoms with Gasteiger partial charge >= 0.3 is 0 Å². The number of primary sulfonamides is 1. The van der Waals surface area contributed by atoms with Gasteiger partial charge in [0.15, 0.2) is 6.29 Å². The Hall–Kier alpha value is -3.21. The minimum Gasteiger partial charge on any atom is -0.298 e. The van der Waals surface area contributed by atoms with Crippen molar-refractivity contribution in [2.75, 3.05) is 0 Å². The summed E-state index contributed by atoms with van der Waals surface area (Å²) in [5, 5.41) is 16.2. The molecule has 1 unspecified atom stereocenters. The highest BCUT2D eigenvalue weighted by Crippen LogP contribution is 2.30. The van der Waals surface area contributed by atoms with E-state index in [-0.39, 0.29) is 21.0 Å². The number of nitro benzene ring substituents is 1. The van der Waals surface area contributed by atoms with Crippen molar-refractivity contribution in [2.45, 2.75) is 14.7 Å². The van der Waals surface area contributed by atoms with Crippen molar-refractivity contribution in [3.8, 4) is 11.1 Å². The SMILES string of the molecule is NS(=O)(=O)c1ccccc1-c1cccc(S(=O)c2ccc([N+](=O)[O-])c(C=O)c2)c1. The van der Waals surface area contributed by atoms with E-state index < -0.39 is 25.7 Å². The second-order valence-electron chi connectivity index (χ2n) is 5.93. The lowest BCUT2D eigenvalue weighted by Crippen LogP contribution is -2.13. The molecule has 0 aliphatic carbocycles. The van der Waals surface area contributed by atoms with Crippen molar-refractivity contribution in [3.05, 3.63) is 82.4 Å². The maximum absolute atomic E-state index is 12.9. The van der Waals surface area contributed by atoms with E-state index in [2.05, 4.69) is 0 Å². The zero-order valence-corrected chi connectivity index (χ0v) is 16.4. The second-order valence-corrected chi connectivity index (χ2v) is 8.94. The van der Waals surface area contributed by atoms with Crippen LogP contribution < -0.4 is 5.14 Å². The quantitative estimate of drug-likeness (QED) is 0.363. The molecule has 0 aromatic heterocycles. The molecule has 0 aliphatic heterocycles. The molecule has 29 heavy (non-hydrogen) atoms. The van der Waals surface area contributed by atoms with Gasteiger partial charge in [0.2, 0.25) is 10.0 Å². The number of benzene rings is 3. The van der Waals surface area contributed by atoms with Crippen LogP contribution in [-0.2, 0) is 20.8 Å². The van der Waals surface area contributed by atoms with Crippen molar-refractivity contribution in [3.63, 3.8) is 0 Å². The first-order valence-corrected chi connectivity index (χ1v) is 10.8. The summed E-state index contributed by atoms with van der Waals surface area (Å²) in [5.74, 6) is 0. The zero-order chi connectivity index (χ0) is 21.2. The third-order valence-electron chi connectivity index (χ3n) is 4.09. The van der Waals surface area contributed by atoms with E-state index in [4.69, 9.17) is 5.14 Å². The van der Waals surface area contributed by atoms with Gasteiger partial charge in [0.1, 0.15) is 0 Å². The summed E-state index contributed by atoms with van der Waals surface area (Å²) in [7, 11) is -5.72. The maximum Gasteiger partial charge on any atom is 0.279 e. The molecule has 2 N–H and O–H groups in total. The van der Waals surface area contributed by atoms with Gasteiger partial charge in [-0.25, -0.2) is 17.8 Å². The van der Waals surface area contributed by atoms with Crippen LogP contribution in [0.15, 0.2) is 81.4 Å². The van der Waals surface area contributed by atoms with Crippen molar-refractivity contribution < 1.29 is 22.3 Å². The smallest absolute Gasteiger partial charge is 0.279 e. The number of aldehydes is 1. The first-order valence-electron chi connectivity index (χ1n) is 8.10. The number of carbonyl (C=O) groups excluding carboxylic acids is 1. The molecule has 0 radical (unpaired) electrons. The number of nitrogens with two attached hydrogens (primary N) is 1. The number of hydrogen-bond acceptors (Lipinski definition) is 6. The molecule has 10 heteroatoms. The summed E-state index contributed by atoms with van der Waals surface area (Å²) in [6, 6.07) is 16.2. The van der Waals surface area contributed by atoms with Crippen LogP contribution >= 0.6 is 0 Å². The van der Waals surface area contributed by atoms with Crippen molar-refractivity contribution >= 4 is 32.8 Å². The van der Waals surface area contributed by atoms with E-state index >= 15 is 0 Å². The van der Waals surface area contributed by atoms with Gasteiger partial charge in [-0.3, -0.25) is 14.9 Å². The van der Waals surface area contributed by atoms with Crippen LogP contribution in [0.5, 0.6) is 0 Å². The highest BCUT2D eigenvalue weighted by atomic mass is 32.2. The largest absolute Gasteiger partial charge is 0.298 e. The molecule has 0 aliphatic rings. The Labute approximate surface area is 168 Å². The van der Waals surface area contributed by atoms with Gasteiger partial charge in [-0.15, -0.1) is 0 Å². The van der Waals surface area contributed by atoms with Gasteiger partial charge in [-0.2, -0.15) is 0 Å². The molecule has 8 nitrogen and oxygen atoms in total. The molecule has 0 bridgehead atoms. The minimum atomic E-state index is -3.97. The molecule has 1 atom stereocenters. The monoisotopic (exact) mass is 430 g/mol. The highest BCUT2D eigenvalue weighted by molar-refractivity contribution is 7.89. The van der Waals surface area contributed by atoms with Gasteiger partial charge < -0.3 is 0 Å². The number of carbonyl (C=O) groups is 1. The molecular formula is C19H14N2O6S2. The maximum atomic E-state index is 12.9. The Kier molecular flexibility index (Phi) is 5.69. The fraction of sp³-hybridized carbons (Fsp3) is 0. The van der Waals surface area contributed by atoms with E-state index in [1.165, 1.54) is 18.2 Å². The van der Waals surface area contributed by atoms with Gasteiger partial charge in [0.25, 0.3) is 5.69 Å². The molecule has 0 fully saturated rings. The summed E-state index contributed by atoms with van der Waals surface area (Å²) in [6.45, 7) is 0. The summed E-state index contributed by atoms with van der Waals surface area (Å²) < 4.78 is 36.7. The Morgan fingerprint density at radius 1 is 0.966 bits per heavy atom. The molecule has 3 aromatic rings. The number of sulfonamides is 1. The van der Waals surface area contributed by atoms with Crippen LogP contribution in [0.4, 0.5) is 5.69 Å². The summed E-state index contributed by atoms with van der Waals surface area (Å²) in [6.07, 6.45) is 0.331. The van der Waals surface area contributed by atoms with Crippen molar-refractivity contribution in [1.29, 1.82) is 0 Å². The Balaban J connectivity index is 2.07. The fourth-order valence-electron chi connectivity index (χ4n) is 2.78. The first-order chi connectivity index (χ1) is 13.7. The van der Waals surface area contributed by atoms with Crippen LogP contribution in [-0.4, -0.2) is 23.8 Å². The predicted octanol–water partition coefficient (Wildman–Crippen LogP) is 2.89. The number of nitrogens with zero attached hydrogens (tertiary/aromatic N) is 1. The van der Waals surface area contributed by atoms with E-state index in [0.29, 0.717) is 22.3 Å². The van der Waals surface area contributed by atoms with E-state index in [0.717, 1.165) is 6.07 Å². The van der Waals surface area contributed by atoms with Crippen LogP contribution in [0, 0.1) is 10.1 Å². The predicted molar refractivity (Wildman–Crippen MR) is 106 cm³/mol. The molecule has 0 heterocycles. The molecule has 0 saturated heterocycles. The van der Waals surface area contributed by atoms with Gasteiger partial charge in [0.05, 0.1) is 26.2 Å². The first kappa shape index (κ1) is 20.5. The van der Waals surface area contributed by atoms with Gasteiger partial charge in [-0.05, 0) is 35.9 Å². The van der Waals surface area contributed by atoms with E-state index in [9.17, 15) is 27.5 Å². The number of nitro groups is 1. The van der Waals surface area contributed by atoms with Crippen LogP contribution in [0.3, 0.4) is 0 Å². The summed E-state index contributed by atoms with van der Waals surface area (Å²) in [5.41, 5.74) is 0.275. The van der Waals surface area contributed by atoms with Crippen molar-refractivity contribution in [1.82, 2.24) is 0 Å². The normalized spacial score (nSPS) is 12.3. The van der Waals surface area contributed by atoms with Crippen molar-refractivity contribution in [2.24, 2.45) is 5.14 Å². The molecule has 3 rings (SSSR count). The molecule has 3 aromatic carbocycles. The lowest BCUT2D eigenvalue weighted by Gasteiger charge is -2.10. The Bertz CT molecular complexity index is 1260. The Morgan fingerprint density at radius 3 is 2.31 bits per heavy atom. The molecular weight excluding hydrogens is 416 g/mol. The van der Waals surface area contributed by atoms with Crippen LogP contribution in [0.25, 0.3) is 11.1 Å². The standard InChI is InChI=1S/C19H14N2O6S2/c20-29(26,27)19-7-2-1-6-17(19)13-4-3-5-15(10-13)28(25)16-8-9-18(21(23)24)14(11-16)12-22/h1-12H,(H2,20,26,27). The molecule has 148 valence electrons. The topological polar surface area (TPSA) is 137 Å². The number of rotatable bonds is 6. The fourth-order valence-corrected chi connectivity index (χ4v) is 4.67. The van der Waals surface area contributed by atoms with Gasteiger partial charge in [-0.1, -0.05) is 30.3 Å². The lowest BCUT2D eigenvalue weighted by atomic mass is 10.1. The van der Waals surface area contributed by atoms with E-state index in [1.54, 1.807) is 42.5 Å². The van der Waals surface area contributed by atoms with Crippen LogP contribution in [0.2, 0.25) is 0 Å². The molecule has 0 saturated carbocycles. The third kappa shape index (κ3) is 4.29. The zero-order valence-electron chi connectivity index (χ0n) is 14.7.